The van der Waals surface area contributed by atoms with Crippen molar-refractivity contribution >= 4 is 29.1 Å². The number of hydrogen-bond donors (Lipinski definition) is 1. The molecule has 19 heavy (non-hydrogen) atoms. The molecule has 1 aromatic rings. The van der Waals surface area contributed by atoms with Gasteiger partial charge in [0.25, 0.3) is 0 Å². The fraction of sp³-hybridized carbons (Fsp3) is 0.286. The zero-order valence-electron chi connectivity index (χ0n) is 10.3. The van der Waals surface area contributed by atoms with Crippen molar-refractivity contribution in [1.29, 1.82) is 0 Å². The summed E-state index contributed by atoms with van der Waals surface area (Å²) in [7, 11) is 0. The fourth-order valence-electron chi connectivity index (χ4n) is 1.96. The molecule has 5 heteroatoms. The van der Waals surface area contributed by atoms with Gasteiger partial charge >= 0.3 is 0 Å². The molecule has 0 aliphatic carbocycles. The Morgan fingerprint density at radius 1 is 1.26 bits per heavy atom. The highest BCUT2D eigenvalue weighted by Gasteiger charge is 2.28. The van der Waals surface area contributed by atoms with E-state index >= 15 is 0 Å². The number of carbonyl (C=O) groups is 2. The molecular weight excluding hydrogens is 264 g/mol. The first-order valence-corrected chi connectivity index (χ1v) is 6.35. The Morgan fingerprint density at radius 3 is 2.58 bits per heavy atom. The van der Waals surface area contributed by atoms with E-state index in [1.165, 1.54) is 4.90 Å². The molecule has 0 bridgehead atoms. The molecule has 0 spiro atoms. The average Bonchev–Trinajstić information content (AvgIpc) is 2.37. The van der Waals surface area contributed by atoms with Gasteiger partial charge in [-0.25, -0.2) is 4.90 Å². The van der Waals surface area contributed by atoms with E-state index in [0.717, 1.165) is 0 Å². The maximum atomic E-state index is 11.9. The summed E-state index contributed by atoms with van der Waals surface area (Å²) in [6.07, 6.45) is 1.32. The molecule has 1 aromatic carbocycles. The van der Waals surface area contributed by atoms with Gasteiger partial charge in [0.2, 0.25) is 11.8 Å². The summed E-state index contributed by atoms with van der Waals surface area (Å²) in [5, 5.41) is 0.458. The van der Waals surface area contributed by atoms with Crippen molar-refractivity contribution in [3.05, 3.63) is 28.8 Å². The Hall–Kier alpha value is -1.83. The molecule has 1 fully saturated rings. The highest BCUT2D eigenvalue weighted by molar-refractivity contribution is 6.31. The second-order valence-corrected chi connectivity index (χ2v) is 4.58. The molecule has 0 atom stereocenters. The molecule has 1 aliphatic heterocycles. The predicted molar refractivity (Wildman–Crippen MR) is 73.7 cm³/mol. The normalized spacial score (nSPS) is 15.2. The number of imide groups is 1. The number of halogens is 1. The summed E-state index contributed by atoms with van der Waals surface area (Å²) in [4.78, 5) is 25.0. The summed E-state index contributed by atoms with van der Waals surface area (Å²) in [6, 6.07) is 4.95. The first-order valence-electron chi connectivity index (χ1n) is 5.97. The van der Waals surface area contributed by atoms with Gasteiger partial charge in [-0.1, -0.05) is 23.4 Å². The van der Waals surface area contributed by atoms with Crippen molar-refractivity contribution in [1.82, 2.24) is 0 Å². The number of carbonyl (C=O) groups excluding carboxylic acids is 2. The Labute approximate surface area is 116 Å². The average molecular weight is 277 g/mol. The smallest absolute Gasteiger partial charge is 0.233 e. The zero-order chi connectivity index (χ0) is 13.8. The van der Waals surface area contributed by atoms with Crippen LogP contribution in [0.25, 0.3) is 0 Å². The van der Waals surface area contributed by atoms with Gasteiger partial charge in [-0.3, -0.25) is 9.59 Å². The predicted octanol–water partition coefficient (Wildman–Crippen LogP) is 1.69. The number of anilines is 1. The summed E-state index contributed by atoms with van der Waals surface area (Å²) >= 11 is 5.94. The van der Waals surface area contributed by atoms with Crippen molar-refractivity contribution in [2.24, 2.45) is 5.73 Å². The Balaban J connectivity index is 2.49. The lowest BCUT2D eigenvalue weighted by Gasteiger charge is -2.26. The molecule has 0 radical (unpaired) electrons. The number of hydrogen-bond acceptors (Lipinski definition) is 3. The number of rotatable bonds is 1. The largest absolute Gasteiger partial charge is 0.320 e. The third-order valence-electron chi connectivity index (χ3n) is 2.81. The molecule has 1 aliphatic rings. The van der Waals surface area contributed by atoms with E-state index in [9.17, 15) is 9.59 Å². The standard InChI is InChI=1S/C14H13ClN2O2/c15-11-7-6-10(3-2-8-16)12(9-11)17-13(18)4-1-5-14(17)19/h6-7,9H,1,4-5,8,16H2. The number of benzene rings is 1. The van der Waals surface area contributed by atoms with Crippen LogP contribution in [0, 0.1) is 11.8 Å². The van der Waals surface area contributed by atoms with Gasteiger partial charge in [0.1, 0.15) is 0 Å². The van der Waals surface area contributed by atoms with Gasteiger partial charge in [0.15, 0.2) is 0 Å². The van der Waals surface area contributed by atoms with Crippen LogP contribution >= 0.6 is 11.6 Å². The monoisotopic (exact) mass is 276 g/mol. The van der Waals surface area contributed by atoms with E-state index in [0.29, 0.717) is 35.5 Å². The van der Waals surface area contributed by atoms with Gasteiger partial charge in [-0.15, -0.1) is 0 Å². The van der Waals surface area contributed by atoms with E-state index in [-0.39, 0.29) is 18.4 Å². The molecular formula is C14H13ClN2O2. The van der Waals surface area contributed by atoms with Crippen LogP contribution in [0.4, 0.5) is 5.69 Å². The fourth-order valence-corrected chi connectivity index (χ4v) is 2.13. The van der Waals surface area contributed by atoms with Crippen molar-refractivity contribution in [3.8, 4) is 11.8 Å². The van der Waals surface area contributed by atoms with Gasteiger partial charge in [0, 0.05) is 23.4 Å². The van der Waals surface area contributed by atoms with E-state index in [2.05, 4.69) is 11.8 Å². The van der Waals surface area contributed by atoms with Crippen LogP contribution in [0.5, 0.6) is 0 Å². The first-order chi connectivity index (χ1) is 9.13. The maximum Gasteiger partial charge on any atom is 0.233 e. The van der Waals surface area contributed by atoms with Crippen LogP contribution in [0.3, 0.4) is 0 Å². The lowest BCUT2D eigenvalue weighted by molar-refractivity contribution is -0.129. The van der Waals surface area contributed by atoms with Gasteiger partial charge in [-0.05, 0) is 24.6 Å². The SMILES string of the molecule is NCC#Cc1ccc(Cl)cc1N1C(=O)CCCC1=O. The van der Waals surface area contributed by atoms with Crippen molar-refractivity contribution < 1.29 is 9.59 Å². The first kappa shape index (κ1) is 13.6. The molecule has 0 aromatic heterocycles. The molecule has 98 valence electrons. The summed E-state index contributed by atoms with van der Waals surface area (Å²) in [6.45, 7) is 0.212. The third kappa shape index (κ3) is 2.95. The second kappa shape index (κ2) is 5.87. The summed E-state index contributed by atoms with van der Waals surface area (Å²) < 4.78 is 0. The maximum absolute atomic E-state index is 11.9. The van der Waals surface area contributed by atoms with Crippen LogP contribution in [0.2, 0.25) is 5.02 Å². The second-order valence-electron chi connectivity index (χ2n) is 4.14. The molecule has 4 nitrogen and oxygen atoms in total. The van der Waals surface area contributed by atoms with Crippen molar-refractivity contribution in [3.63, 3.8) is 0 Å². The lowest BCUT2D eigenvalue weighted by Crippen LogP contribution is -2.40. The number of amides is 2. The highest BCUT2D eigenvalue weighted by atomic mass is 35.5. The number of piperidine rings is 1. The van der Waals surface area contributed by atoms with E-state index in [4.69, 9.17) is 17.3 Å². The molecule has 0 saturated carbocycles. The zero-order valence-corrected chi connectivity index (χ0v) is 11.0. The van der Waals surface area contributed by atoms with Crippen LogP contribution in [-0.2, 0) is 9.59 Å². The van der Waals surface area contributed by atoms with Crippen LogP contribution in [-0.4, -0.2) is 18.4 Å². The summed E-state index contributed by atoms with van der Waals surface area (Å²) in [5.74, 6) is 5.15. The summed E-state index contributed by atoms with van der Waals surface area (Å²) in [5.41, 5.74) is 6.37. The number of nitrogens with zero attached hydrogens (tertiary/aromatic N) is 1. The molecule has 2 amide bonds. The topological polar surface area (TPSA) is 63.4 Å². The van der Waals surface area contributed by atoms with Gasteiger partial charge in [-0.2, -0.15) is 0 Å². The van der Waals surface area contributed by atoms with Gasteiger partial charge in [0.05, 0.1) is 12.2 Å². The van der Waals surface area contributed by atoms with Crippen molar-refractivity contribution in [2.75, 3.05) is 11.4 Å². The Morgan fingerprint density at radius 2 is 1.95 bits per heavy atom. The van der Waals surface area contributed by atoms with Gasteiger partial charge < -0.3 is 5.73 Å². The Kier molecular flexibility index (Phi) is 4.20. The van der Waals surface area contributed by atoms with Crippen molar-refractivity contribution in [2.45, 2.75) is 19.3 Å². The van der Waals surface area contributed by atoms with Crippen LogP contribution in [0.15, 0.2) is 18.2 Å². The van der Waals surface area contributed by atoms with E-state index in [1.807, 2.05) is 0 Å². The molecule has 1 saturated heterocycles. The minimum Gasteiger partial charge on any atom is -0.320 e. The minimum atomic E-state index is -0.214. The van der Waals surface area contributed by atoms with E-state index < -0.39 is 0 Å². The third-order valence-corrected chi connectivity index (χ3v) is 3.04. The Bertz CT molecular complexity index is 571. The quantitative estimate of drug-likeness (QED) is 0.627. The minimum absolute atomic E-state index is 0.212. The van der Waals surface area contributed by atoms with E-state index in [1.54, 1.807) is 18.2 Å². The molecule has 1 heterocycles. The molecule has 2 N–H and O–H groups in total. The number of nitrogens with two attached hydrogens (primary N) is 1. The highest BCUT2D eigenvalue weighted by Crippen LogP contribution is 2.28. The van der Waals surface area contributed by atoms with Crippen LogP contribution < -0.4 is 10.6 Å². The lowest BCUT2D eigenvalue weighted by atomic mass is 10.1. The molecule has 0 unspecified atom stereocenters. The molecule has 2 rings (SSSR count). The van der Waals surface area contributed by atoms with Crippen LogP contribution in [0.1, 0.15) is 24.8 Å².